The van der Waals surface area contributed by atoms with Gasteiger partial charge >= 0.3 is 0 Å². The van der Waals surface area contributed by atoms with Gasteiger partial charge in [0.05, 0.1) is 0 Å². The second kappa shape index (κ2) is 22.9. The van der Waals surface area contributed by atoms with Gasteiger partial charge in [0.25, 0.3) is 0 Å². The third kappa shape index (κ3) is 17.6. The maximum Gasteiger partial charge on any atom is 0 e. The first kappa shape index (κ1) is 31.9. The van der Waals surface area contributed by atoms with Crippen LogP contribution < -0.4 is 0 Å². The van der Waals surface area contributed by atoms with Gasteiger partial charge < -0.3 is 0 Å². The fourth-order valence-corrected chi connectivity index (χ4v) is 0. The fraction of sp³-hybridized carbons (Fsp3) is 0. The summed E-state index contributed by atoms with van der Waals surface area (Å²) in [6.07, 6.45) is 0. The van der Waals surface area contributed by atoms with Crippen molar-refractivity contribution >= 4 is 134 Å². The van der Waals surface area contributed by atoms with E-state index in [0.29, 0.717) is 0 Å². The largest absolute Gasteiger partial charge is 0 e. The molecule has 0 aliphatic rings. The van der Waals surface area contributed by atoms with Gasteiger partial charge in [0.2, 0.25) is 0 Å². The molecule has 5 heteroatoms. The van der Waals surface area contributed by atoms with Gasteiger partial charge in [-0.2, -0.15) is 0 Å². The molecular formula is AgCaPbSnSr. The van der Waals surface area contributed by atoms with Crippen molar-refractivity contribution in [1.29, 1.82) is 0 Å². The molecule has 0 aromatic heterocycles. The van der Waals surface area contributed by atoms with Crippen molar-refractivity contribution in [1.82, 2.24) is 0 Å². The summed E-state index contributed by atoms with van der Waals surface area (Å²) in [6.45, 7) is 0. The molecule has 0 rings (SSSR count). The summed E-state index contributed by atoms with van der Waals surface area (Å²) >= 11 is 0. The van der Waals surface area contributed by atoms with Crippen LogP contribution in [0.3, 0.4) is 0 Å². The smallest absolute Gasteiger partial charge is 0 e. The quantitative estimate of drug-likeness (QED) is 0.316. The molecule has 0 nitrogen and oxygen atoms in total. The van der Waals surface area contributed by atoms with Crippen molar-refractivity contribution in [3.8, 4) is 0 Å². The topological polar surface area (TPSA) is 0 Å². The van der Waals surface area contributed by atoms with E-state index in [4.69, 9.17) is 0 Å². The van der Waals surface area contributed by atoms with E-state index in [0.717, 1.165) is 0 Å². The fourth-order valence-electron chi connectivity index (χ4n) is 0. The Labute approximate surface area is 152 Å². The first-order valence-electron chi connectivity index (χ1n) is 0. The van der Waals surface area contributed by atoms with E-state index in [1.165, 1.54) is 0 Å². The molecule has 0 aromatic rings. The van der Waals surface area contributed by atoms with Crippen LogP contribution in [0.5, 0.6) is 0 Å². The second-order valence-corrected chi connectivity index (χ2v) is 0. The average Bonchev–Trinajstić information content (AvgIpc) is 0. The van der Waals surface area contributed by atoms with Gasteiger partial charge in [-0.05, 0) is 0 Å². The normalized spacial score (nSPS) is 0. The third-order valence-electron chi connectivity index (χ3n) is 0. The predicted molar refractivity (Wildman–Crippen MR) is 23.0 cm³/mol. The van der Waals surface area contributed by atoms with Gasteiger partial charge in [0, 0.05) is 157 Å². The van der Waals surface area contributed by atoms with Gasteiger partial charge in [-0.1, -0.05) is 0 Å². The standard InChI is InChI=1S/Ag.Ca.Pb.Sn.Sr. The van der Waals surface area contributed by atoms with Crippen LogP contribution in [-0.4, -0.2) is 134 Å². The summed E-state index contributed by atoms with van der Waals surface area (Å²) in [4.78, 5) is 0. The van der Waals surface area contributed by atoms with Crippen LogP contribution in [0.1, 0.15) is 0 Å². The maximum atomic E-state index is 0. The minimum absolute atomic E-state index is 0. The van der Waals surface area contributed by atoms with Crippen LogP contribution in [0.15, 0.2) is 0 Å². The number of hydrogen-bond acceptors (Lipinski definition) is 0. The molecule has 0 bridgehead atoms. The summed E-state index contributed by atoms with van der Waals surface area (Å²) in [6, 6.07) is 0. The maximum absolute atomic E-state index is 0. The van der Waals surface area contributed by atoms with Crippen molar-refractivity contribution in [2.45, 2.75) is 0 Å². The van der Waals surface area contributed by atoms with Crippen LogP contribution in [0.4, 0.5) is 0 Å². The van der Waals surface area contributed by atoms with Crippen LogP contribution in [0.25, 0.3) is 0 Å². The minimum Gasteiger partial charge on any atom is 0 e. The summed E-state index contributed by atoms with van der Waals surface area (Å²) in [5.41, 5.74) is 0. The molecule has 5 heavy (non-hydrogen) atoms. The summed E-state index contributed by atoms with van der Waals surface area (Å²) in [5, 5.41) is 0. The Morgan fingerprint density at radius 1 is 1.00 bits per heavy atom. The molecule has 0 aromatic carbocycles. The van der Waals surface area contributed by atoms with Crippen LogP contribution >= 0.6 is 0 Å². The molecule has 0 aliphatic heterocycles. The summed E-state index contributed by atoms with van der Waals surface area (Å²) in [5.74, 6) is 0. The Morgan fingerprint density at radius 2 is 1.00 bits per heavy atom. The van der Waals surface area contributed by atoms with E-state index >= 15 is 0 Å². The van der Waals surface area contributed by atoms with Gasteiger partial charge in [0.15, 0.2) is 0 Å². The molecule has 0 unspecified atom stereocenters. The Balaban J connectivity index is 0. The predicted octanol–water partition coefficient (Wildman–Crippen LogP) is -1.53. The van der Waals surface area contributed by atoms with Crippen molar-refractivity contribution in [3.05, 3.63) is 0 Å². The van der Waals surface area contributed by atoms with E-state index < -0.39 is 0 Å². The molecular weight excluding hydrogens is 561 g/mol. The second-order valence-electron chi connectivity index (χ2n) is 0. The summed E-state index contributed by atoms with van der Waals surface area (Å²) < 4.78 is 0. The molecule has 0 aliphatic carbocycles. The SMILES string of the molecule is [Ag].[Ca].[Pb].[Sn].[Sr]. The zero-order valence-electron chi connectivity index (χ0n) is 2.72. The van der Waals surface area contributed by atoms with Gasteiger partial charge in [0.1, 0.15) is 0 Å². The molecule has 13 radical (unpaired) electrons. The Bertz CT molecular complexity index is 11.6. The summed E-state index contributed by atoms with van der Waals surface area (Å²) in [7, 11) is 0. The van der Waals surface area contributed by atoms with E-state index in [-0.39, 0.29) is 157 Å². The van der Waals surface area contributed by atoms with E-state index in [9.17, 15) is 0 Å². The molecule has 0 saturated heterocycles. The van der Waals surface area contributed by atoms with E-state index in [2.05, 4.69) is 0 Å². The molecule has 23 valence electrons. The molecule has 0 fully saturated rings. The van der Waals surface area contributed by atoms with Gasteiger partial charge in [-0.15, -0.1) is 0 Å². The molecule has 0 heterocycles. The Morgan fingerprint density at radius 3 is 1.00 bits per heavy atom. The van der Waals surface area contributed by atoms with Crippen molar-refractivity contribution < 1.29 is 22.4 Å². The Hall–Kier alpha value is 5.20. The van der Waals surface area contributed by atoms with Crippen molar-refractivity contribution in [2.24, 2.45) is 0 Å². The van der Waals surface area contributed by atoms with Crippen molar-refractivity contribution in [3.63, 3.8) is 0 Å². The molecule has 0 saturated carbocycles. The third-order valence-corrected chi connectivity index (χ3v) is 0. The molecule has 0 amide bonds. The van der Waals surface area contributed by atoms with Crippen molar-refractivity contribution in [2.75, 3.05) is 0 Å². The first-order chi connectivity index (χ1) is 0. The zero-order valence-corrected chi connectivity index (χ0v) is 16.6. The monoisotopic (exact) mass is 563 g/mol. The number of hydrogen-bond donors (Lipinski definition) is 0. The van der Waals surface area contributed by atoms with E-state index in [1.807, 2.05) is 0 Å². The number of rotatable bonds is 0. The van der Waals surface area contributed by atoms with Gasteiger partial charge in [-0.3, -0.25) is 0 Å². The van der Waals surface area contributed by atoms with Crippen LogP contribution in [-0.2, 0) is 22.4 Å². The van der Waals surface area contributed by atoms with Gasteiger partial charge in [-0.25, -0.2) is 0 Å². The molecule has 0 spiro atoms. The zero-order chi connectivity index (χ0) is 0. The van der Waals surface area contributed by atoms with Crippen LogP contribution in [0.2, 0.25) is 0 Å². The minimum atomic E-state index is 0. The van der Waals surface area contributed by atoms with E-state index in [1.54, 1.807) is 0 Å². The Kier molecular flexibility index (Phi) is 146. The van der Waals surface area contributed by atoms with Crippen LogP contribution in [0, 0.1) is 0 Å². The average molecular weight is 561 g/mol. The molecule has 0 N–H and O–H groups in total. The first-order valence-corrected chi connectivity index (χ1v) is 0. The molecule has 0 atom stereocenters.